The van der Waals surface area contributed by atoms with Gasteiger partial charge in [-0.2, -0.15) is 0 Å². The molecule has 1 saturated heterocycles. The van der Waals surface area contributed by atoms with E-state index < -0.39 is 8.07 Å². The first-order valence-corrected chi connectivity index (χ1v) is 11.1. The number of unbranched alkanes of at least 4 members (excludes halogenated alkanes) is 1. The number of hydrogen-bond acceptors (Lipinski definition) is 3. The van der Waals surface area contributed by atoms with Crippen LogP contribution in [0, 0.1) is 23.3 Å². The molecule has 114 valence electrons. The van der Waals surface area contributed by atoms with E-state index in [1.807, 2.05) is 0 Å². The van der Waals surface area contributed by atoms with Gasteiger partial charge < -0.3 is 9.64 Å². The summed E-state index contributed by atoms with van der Waals surface area (Å²) in [7, 11) is 2.33. The third kappa shape index (κ3) is 6.11. The number of esters is 1. The maximum absolute atomic E-state index is 11.9. The average Bonchev–Trinajstić information content (AvgIpc) is 2.37. The summed E-state index contributed by atoms with van der Waals surface area (Å²) in [6.07, 6.45) is 4.25. The Balaban J connectivity index is 2.43. The smallest absolute Gasteiger partial charge is 0.310 e. The lowest BCUT2D eigenvalue weighted by Crippen LogP contribution is -2.42. The molecule has 1 aliphatic rings. The van der Waals surface area contributed by atoms with E-state index in [4.69, 9.17) is 4.74 Å². The maximum atomic E-state index is 11.9. The zero-order valence-electron chi connectivity index (χ0n) is 13.7. The predicted octanol–water partition coefficient (Wildman–Crippen LogP) is 2.78. The molecule has 0 spiro atoms. The van der Waals surface area contributed by atoms with Crippen molar-refractivity contribution >= 4 is 14.0 Å². The molecule has 0 unspecified atom stereocenters. The first-order valence-electron chi connectivity index (χ1n) is 7.60. The number of carbonyl (C=O) groups excluding carboxylic acids is 1. The number of piperidine rings is 1. The van der Waals surface area contributed by atoms with Gasteiger partial charge in [-0.1, -0.05) is 19.6 Å². The molecule has 1 heterocycles. The zero-order chi connectivity index (χ0) is 15.2. The second-order valence-corrected chi connectivity index (χ2v) is 11.6. The van der Waals surface area contributed by atoms with Crippen molar-refractivity contribution in [3.8, 4) is 11.5 Å². The molecule has 0 aliphatic carbocycles. The minimum Gasteiger partial charge on any atom is -0.469 e. The van der Waals surface area contributed by atoms with Crippen LogP contribution in [-0.2, 0) is 9.53 Å². The van der Waals surface area contributed by atoms with Crippen molar-refractivity contribution in [3.63, 3.8) is 0 Å². The van der Waals surface area contributed by atoms with Gasteiger partial charge in [0.25, 0.3) is 0 Å². The van der Waals surface area contributed by atoms with Crippen molar-refractivity contribution in [2.24, 2.45) is 11.8 Å². The molecule has 2 atom stereocenters. The van der Waals surface area contributed by atoms with E-state index in [0.29, 0.717) is 5.92 Å². The predicted molar refractivity (Wildman–Crippen MR) is 86.1 cm³/mol. The monoisotopic (exact) mass is 295 g/mol. The Morgan fingerprint density at radius 2 is 2.10 bits per heavy atom. The zero-order valence-corrected chi connectivity index (χ0v) is 14.7. The molecule has 3 nitrogen and oxygen atoms in total. The topological polar surface area (TPSA) is 29.5 Å². The largest absolute Gasteiger partial charge is 0.469 e. The maximum Gasteiger partial charge on any atom is 0.310 e. The van der Waals surface area contributed by atoms with Crippen molar-refractivity contribution < 1.29 is 9.53 Å². The molecule has 0 N–H and O–H groups in total. The summed E-state index contributed by atoms with van der Waals surface area (Å²) < 4.78 is 4.95. The van der Waals surface area contributed by atoms with Crippen LogP contribution >= 0.6 is 0 Å². The lowest BCUT2D eigenvalue weighted by Gasteiger charge is -2.35. The number of rotatable bonds is 4. The highest BCUT2D eigenvalue weighted by Crippen LogP contribution is 2.28. The average molecular weight is 295 g/mol. The Labute approximate surface area is 125 Å². The van der Waals surface area contributed by atoms with Crippen molar-refractivity contribution in [1.82, 2.24) is 4.90 Å². The number of carbonyl (C=O) groups is 1. The van der Waals surface area contributed by atoms with Gasteiger partial charge in [-0.05, 0) is 38.8 Å². The van der Waals surface area contributed by atoms with Crippen LogP contribution in [0.4, 0.5) is 0 Å². The van der Waals surface area contributed by atoms with Crippen LogP contribution in [-0.4, -0.2) is 46.2 Å². The highest BCUT2D eigenvalue weighted by Gasteiger charge is 2.33. The minimum absolute atomic E-state index is 0.0451. The van der Waals surface area contributed by atoms with E-state index in [-0.39, 0.29) is 11.9 Å². The summed E-state index contributed by atoms with van der Waals surface area (Å²) in [6.45, 7) is 8.72. The molecule has 0 aromatic carbocycles. The van der Waals surface area contributed by atoms with E-state index in [9.17, 15) is 4.79 Å². The normalized spacial score (nSPS) is 23.9. The Hall–Kier alpha value is -0.793. The number of likely N-dealkylation sites (tertiary alicyclic amines) is 1. The van der Waals surface area contributed by atoms with E-state index >= 15 is 0 Å². The molecule has 4 heteroatoms. The van der Waals surface area contributed by atoms with Gasteiger partial charge in [-0.15, -0.1) is 11.5 Å². The Bertz CT molecular complexity index is 378. The molecule has 1 aliphatic heterocycles. The molecule has 0 aromatic rings. The number of nitrogens with zero attached hydrogens (tertiary/aromatic N) is 1. The van der Waals surface area contributed by atoms with Crippen molar-refractivity contribution in [3.05, 3.63) is 0 Å². The van der Waals surface area contributed by atoms with Gasteiger partial charge in [0.15, 0.2) is 0 Å². The summed E-state index contributed by atoms with van der Waals surface area (Å²) in [5.74, 6) is 3.78. The van der Waals surface area contributed by atoms with E-state index in [1.54, 1.807) is 0 Å². The highest BCUT2D eigenvalue weighted by atomic mass is 28.3. The Morgan fingerprint density at radius 3 is 2.70 bits per heavy atom. The van der Waals surface area contributed by atoms with Gasteiger partial charge in [-0.3, -0.25) is 4.79 Å². The lowest BCUT2D eigenvalue weighted by atomic mass is 9.82. The van der Waals surface area contributed by atoms with Gasteiger partial charge in [0.2, 0.25) is 0 Å². The van der Waals surface area contributed by atoms with Crippen LogP contribution in [0.25, 0.3) is 0 Å². The fourth-order valence-corrected chi connectivity index (χ4v) is 3.36. The molecule has 0 saturated carbocycles. The molecular formula is C16H29NO2Si. The third-order valence-electron chi connectivity index (χ3n) is 3.80. The molecule has 0 amide bonds. The first kappa shape index (κ1) is 17.3. The van der Waals surface area contributed by atoms with Gasteiger partial charge in [-0.25, -0.2) is 0 Å². The van der Waals surface area contributed by atoms with Gasteiger partial charge in [0.05, 0.1) is 13.0 Å². The SMILES string of the molecule is COC(=O)[C@H]1CN(C)CC[C@@H]1CCCC#C[Si](C)(C)C. The summed E-state index contributed by atoms with van der Waals surface area (Å²) in [5, 5.41) is 0. The third-order valence-corrected chi connectivity index (χ3v) is 4.73. The van der Waals surface area contributed by atoms with E-state index in [1.165, 1.54) is 7.11 Å². The molecular weight excluding hydrogens is 266 g/mol. The summed E-state index contributed by atoms with van der Waals surface area (Å²) >= 11 is 0. The molecule has 0 bridgehead atoms. The van der Waals surface area contributed by atoms with Gasteiger partial charge in [0, 0.05) is 13.0 Å². The highest BCUT2D eigenvalue weighted by molar-refractivity contribution is 6.83. The van der Waals surface area contributed by atoms with Crippen molar-refractivity contribution in [1.29, 1.82) is 0 Å². The lowest BCUT2D eigenvalue weighted by molar-refractivity contribution is -0.149. The fraction of sp³-hybridized carbons (Fsp3) is 0.812. The second-order valence-electron chi connectivity index (χ2n) is 6.88. The first-order chi connectivity index (χ1) is 9.33. The van der Waals surface area contributed by atoms with E-state index in [2.05, 4.69) is 43.1 Å². The number of hydrogen-bond donors (Lipinski definition) is 0. The summed E-state index contributed by atoms with van der Waals surface area (Å²) in [5.41, 5.74) is 3.40. The molecule has 1 rings (SSSR count). The minimum atomic E-state index is -1.23. The summed E-state index contributed by atoms with van der Waals surface area (Å²) in [4.78, 5) is 14.1. The second kappa shape index (κ2) is 7.85. The Morgan fingerprint density at radius 1 is 1.40 bits per heavy atom. The van der Waals surface area contributed by atoms with Gasteiger partial charge >= 0.3 is 5.97 Å². The van der Waals surface area contributed by atoms with Crippen LogP contribution in [0.3, 0.4) is 0 Å². The molecule has 20 heavy (non-hydrogen) atoms. The molecule has 1 fully saturated rings. The number of methoxy groups -OCH3 is 1. The number of ether oxygens (including phenoxy) is 1. The van der Waals surface area contributed by atoms with Crippen molar-refractivity contribution in [2.45, 2.75) is 45.3 Å². The van der Waals surface area contributed by atoms with Crippen LogP contribution in [0.5, 0.6) is 0 Å². The van der Waals surface area contributed by atoms with Crippen molar-refractivity contribution in [2.75, 3.05) is 27.2 Å². The van der Waals surface area contributed by atoms with Crippen LogP contribution in [0.15, 0.2) is 0 Å². The Kier molecular flexibility index (Phi) is 6.77. The quantitative estimate of drug-likeness (QED) is 0.346. The van der Waals surface area contributed by atoms with Crippen LogP contribution < -0.4 is 0 Å². The van der Waals surface area contributed by atoms with Gasteiger partial charge in [0.1, 0.15) is 8.07 Å². The fourth-order valence-electron chi connectivity index (χ4n) is 2.71. The summed E-state index contributed by atoms with van der Waals surface area (Å²) in [6, 6.07) is 0. The standard InChI is InChI=1S/C16H29NO2Si/c1-17-11-10-14(15(13-17)16(18)19-2)9-7-6-8-12-20(3,4)5/h14-15H,6-7,9-11,13H2,1-5H3/t14-,15-/m0/s1. The molecule has 0 aromatic heterocycles. The van der Waals surface area contributed by atoms with E-state index in [0.717, 1.165) is 38.8 Å². The van der Waals surface area contributed by atoms with Crippen LogP contribution in [0.1, 0.15) is 25.7 Å². The molecule has 0 radical (unpaired) electrons. The van der Waals surface area contributed by atoms with Crippen LogP contribution in [0.2, 0.25) is 19.6 Å².